The zero-order valence-corrected chi connectivity index (χ0v) is 33.3. The van der Waals surface area contributed by atoms with Crippen LogP contribution >= 0.6 is 0 Å². The zero-order valence-electron chi connectivity index (χ0n) is 33.3. The molecule has 10 aromatic rings. The van der Waals surface area contributed by atoms with Gasteiger partial charge in [-0.2, -0.15) is 0 Å². The summed E-state index contributed by atoms with van der Waals surface area (Å²) in [6.45, 7) is 9.61. The average molecular weight is 739 g/mol. The van der Waals surface area contributed by atoms with Crippen molar-refractivity contribution in [2.45, 2.75) is 38.5 Å². The molecule has 10 aromatic carbocycles. The first-order valence-electron chi connectivity index (χ1n) is 20.7. The van der Waals surface area contributed by atoms with Gasteiger partial charge in [-0.15, -0.1) is 0 Å². The second kappa shape index (κ2) is 11.9. The molecule has 0 saturated heterocycles. The summed E-state index contributed by atoms with van der Waals surface area (Å²) in [7, 11) is 0. The maximum absolute atomic E-state index is 2.47. The summed E-state index contributed by atoms with van der Waals surface area (Å²) in [4.78, 5) is 0. The Labute approximate surface area is 340 Å². The highest BCUT2D eigenvalue weighted by Gasteiger charge is 2.44. The molecular formula is C58H42. The zero-order chi connectivity index (χ0) is 38.9. The van der Waals surface area contributed by atoms with E-state index in [0.717, 1.165) is 0 Å². The van der Waals surface area contributed by atoms with E-state index in [-0.39, 0.29) is 10.8 Å². The van der Waals surface area contributed by atoms with E-state index in [1.54, 1.807) is 0 Å². The van der Waals surface area contributed by atoms with Crippen LogP contribution in [0, 0.1) is 0 Å². The van der Waals surface area contributed by atoms with Gasteiger partial charge in [-0.3, -0.25) is 0 Å². The second-order valence-corrected chi connectivity index (χ2v) is 17.7. The highest BCUT2D eigenvalue weighted by Crippen LogP contribution is 2.59. The van der Waals surface area contributed by atoms with Crippen LogP contribution in [0.2, 0.25) is 0 Å². The minimum Gasteiger partial charge on any atom is -0.0619 e. The van der Waals surface area contributed by atoms with Crippen LogP contribution in [-0.4, -0.2) is 0 Å². The second-order valence-electron chi connectivity index (χ2n) is 17.7. The average Bonchev–Trinajstić information content (AvgIpc) is 3.64. The van der Waals surface area contributed by atoms with Crippen molar-refractivity contribution in [1.82, 2.24) is 0 Å². The first-order valence-corrected chi connectivity index (χ1v) is 20.7. The molecule has 12 rings (SSSR count). The Kier molecular flexibility index (Phi) is 6.84. The molecule has 58 heavy (non-hydrogen) atoms. The van der Waals surface area contributed by atoms with E-state index in [1.165, 1.54) is 121 Å². The van der Waals surface area contributed by atoms with Gasteiger partial charge in [0, 0.05) is 10.8 Å². The lowest BCUT2D eigenvalue weighted by Gasteiger charge is -2.26. The highest BCUT2D eigenvalue weighted by atomic mass is 14.5. The lowest BCUT2D eigenvalue weighted by molar-refractivity contribution is 0.647. The molecule has 0 spiro atoms. The normalized spacial score (nSPS) is 14.5. The van der Waals surface area contributed by atoms with Gasteiger partial charge in [-0.25, -0.2) is 0 Å². The molecule has 0 unspecified atom stereocenters. The highest BCUT2D eigenvalue weighted by molar-refractivity contribution is 6.23. The molecule has 2 aliphatic rings. The first kappa shape index (κ1) is 33.4. The van der Waals surface area contributed by atoms with Crippen LogP contribution in [0.25, 0.3) is 98.7 Å². The SMILES string of the molecule is CC1(C)c2ccc(-c3cccc(-c4ccc5cc(-c6cc7ccc8ccccc8c7c7ccccc67)ccc5c4)c3)cc2-c2c1ccc1c2C(C)(C)c2ccccc2-1. The van der Waals surface area contributed by atoms with Crippen LogP contribution in [-0.2, 0) is 10.8 Å². The molecule has 0 bridgehead atoms. The van der Waals surface area contributed by atoms with Crippen molar-refractivity contribution >= 4 is 43.1 Å². The number of rotatable bonds is 3. The molecule has 0 N–H and O–H groups in total. The van der Waals surface area contributed by atoms with Crippen LogP contribution in [0.15, 0.2) is 182 Å². The van der Waals surface area contributed by atoms with E-state index in [4.69, 9.17) is 0 Å². The maximum atomic E-state index is 2.47. The summed E-state index contributed by atoms with van der Waals surface area (Å²) in [6.07, 6.45) is 0. The molecule has 2 aliphatic carbocycles. The van der Waals surface area contributed by atoms with Crippen LogP contribution in [0.4, 0.5) is 0 Å². The van der Waals surface area contributed by atoms with Gasteiger partial charge in [0.25, 0.3) is 0 Å². The van der Waals surface area contributed by atoms with Crippen LogP contribution in [0.5, 0.6) is 0 Å². The lowest BCUT2D eigenvalue weighted by Crippen LogP contribution is -2.18. The fraction of sp³-hybridized carbons (Fsp3) is 0.103. The van der Waals surface area contributed by atoms with E-state index < -0.39 is 0 Å². The van der Waals surface area contributed by atoms with Crippen molar-refractivity contribution in [2.24, 2.45) is 0 Å². The van der Waals surface area contributed by atoms with Gasteiger partial charge >= 0.3 is 0 Å². The third-order valence-electron chi connectivity index (χ3n) is 13.8. The predicted octanol–water partition coefficient (Wildman–Crippen LogP) is 15.9. The Balaban J connectivity index is 0.926. The topological polar surface area (TPSA) is 0 Å². The quantitative estimate of drug-likeness (QED) is 0.158. The molecule has 0 heteroatoms. The van der Waals surface area contributed by atoms with E-state index >= 15 is 0 Å². The van der Waals surface area contributed by atoms with Gasteiger partial charge in [0.15, 0.2) is 0 Å². The Hall–Kier alpha value is -6.76. The molecule has 0 nitrogen and oxygen atoms in total. The van der Waals surface area contributed by atoms with E-state index in [9.17, 15) is 0 Å². The third kappa shape index (κ3) is 4.63. The molecule has 274 valence electrons. The monoisotopic (exact) mass is 738 g/mol. The molecular weight excluding hydrogens is 697 g/mol. The Morgan fingerprint density at radius 3 is 1.71 bits per heavy atom. The number of hydrogen-bond donors (Lipinski definition) is 0. The molecule has 0 atom stereocenters. The van der Waals surface area contributed by atoms with Crippen LogP contribution < -0.4 is 0 Å². The Bertz CT molecular complexity index is 3390. The number of hydrogen-bond acceptors (Lipinski definition) is 0. The van der Waals surface area contributed by atoms with Gasteiger partial charge in [0.2, 0.25) is 0 Å². The molecule has 0 radical (unpaired) electrons. The van der Waals surface area contributed by atoms with Gasteiger partial charge in [0.05, 0.1) is 0 Å². The van der Waals surface area contributed by atoms with Gasteiger partial charge in [0.1, 0.15) is 0 Å². The Morgan fingerprint density at radius 1 is 0.293 bits per heavy atom. The predicted molar refractivity (Wildman–Crippen MR) is 248 cm³/mol. The fourth-order valence-corrected chi connectivity index (χ4v) is 10.9. The van der Waals surface area contributed by atoms with E-state index in [0.29, 0.717) is 0 Å². The smallest absolute Gasteiger partial charge is 0.0165 e. The first-order chi connectivity index (χ1) is 28.3. The van der Waals surface area contributed by atoms with Gasteiger partial charge in [-0.05, 0) is 151 Å². The van der Waals surface area contributed by atoms with Crippen molar-refractivity contribution in [3.8, 4) is 55.6 Å². The molecule has 0 aliphatic heterocycles. The summed E-state index contributed by atoms with van der Waals surface area (Å²) in [5.74, 6) is 0. The summed E-state index contributed by atoms with van der Waals surface area (Å²) < 4.78 is 0. The van der Waals surface area contributed by atoms with E-state index in [2.05, 4.69) is 210 Å². The summed E-state index contributed by atoms with van der Waals surface area (Å²) >= 11 is 0. The van der Waals surface area contributed by atoms with Crippen molar-refractivity contribution in [3.05, 3.63) is 204 Å². The minimum absolute atomic E-state index is 0.0633. The summed E-state index contributed by atoms with van der Waals surface area (Å²) in [5, 5.41) is 10.3. The van der Waals surface area contributed by atoms with Gasteiger partial charge < -0.3 is 0 Å². The lowest BCUT2D eigenvalue weighted by atomic mass is 9.77. The maximum Gasteiger partial charge on any atom is 0.0165 e. The molecule has 0 heterocycles. The molecule has 0 fully saturated rings. The summed E-state index contributed by atoms with van der Waals surface area (Å²) in [6, 6.07) is 68.6. The molecule has 0 amide bonds. The molecule has 0 saturated carbocycles. The minimum atomic E-state index is -0.0691. The van der Waals surface area contributed by atoms with Crippen molar-refractivity contribution in [2.75, 3.05) is 0 Å². The van der Waals surface area contributed by atoms with Crippen molar-refractivity contribution in [3.63, 3.8) is 0 Å². The molecule has 0 aromatic heterocycles. The van der Waals surface area contributed by atoms with Crippen molar-refractivity contribution < 1.29 is 0 Å². The fourth-order valence-electron chi connectivity index (χ4n) is 10.9. The Morgan fingerprint density at radius 2 is 0.879 bits per heavy atom. The largest absolute Gasteiger partial charge is 0.0619 e. The standard InChI is InChI=1S/C58H42/c1-57(2)52-28-26-41(33-50(52)55-53(57)29-27-48-46-17-9-10-19-51(46)58(3,4)56(48)55)37-14-11-13-36(30-37)38-21-22-40-32-42(24-23-39(40)31-38)49-34-43-25-20-35-12-5-6-15-44(35)54(43)47-18-8-7-16-45(47)49/h5-34H,1-4H3. The van der Waals surface area contributed by atoms with Crippen molar-refractivity contribution in [1.29, 1.82) is 0 Å². The van der Waals surface area contributed by atoms with Crippen LogP contribution in [0.3, 0.4) is 0 Å². The van der Waals surface area contributed by atoms with Crippen LogP contribution in [0.1, 0.15) is 49.9 Å². The third-order valence-corrected chi connectivity index (χ3v) is 13.8. The van der Waals surface area contributed by atoms with E-state index in [1.807, 2.05) is 0 Å². The summed E-state index contributed by atoms with van der Waals surface area (Å²) in [5.41, 5.74) is 18.7. The number of fused-ring (bicyclic) bond motifs is 13. The number of benzene rings is 10. The van der Waals surface area contributed by atoms with Gasteiger partial charge in [-0.1, -0.05) is 179 Å².